The first-order valence-electron chi connectivity index (χ1n) is 7.93. The number of amides is 1. The molecular formula is C18H24N2OS. The molecule has 1 saturated carbocycles. The third kappa shape index (κ3) is 4.04. The summed E-state index contributed by atoms with van der Waals surface area (Å²) >= 11 is 1.56. The van der Waals surface area contributed by atoms with Crippen molar-refractivity contribution in [3.63, 3.8) is 0 Å². The minimum atomic E-state index is -0.646. The average Bonchev–Trinajstić information content (AvgIpc) is 2.51. The summed E-state index contributed by atoms with van der Waals surface area (Å²) in [6.45, 7) is 6.04. The Kier molecular flexibility index (Phi) is 5.52. The number of nitriles is 1. The highest BCUT2D eigenvalue weighted by atomic mass is 32.2. The van der Waals surface area contributed by atoms with Crippen LogP contribution in [0.1, 0.15) is 50.2 Å². The summed E-state index contributed by atoms with van der Waals surface area (Å²) in [6.07, 6.45) is 4.75. The monoisotopic (exact) mass is 316 g/mol. The van der Waals surface area contributed by atoms with Gasteiger partial charge in [0.15, 0.2) is 0 Å². The summed E-state index contributed by atoms with van der Waals surface area (Å²) < 4.78 is 0. The Bertz CT molecular complexity index is 585. The number of aryl methyl sites for hydroxylation is 2. The minimum absolute atomic E-state index is 0.0339. The number of rotatable bonds is 4. The van der Waals surface area contributed by atoms with Gasteiger partial charge < -0.3 is 5.32 Å². The van der Waals surface area contributed by atoms with E-state index in [1.807, 2.05) is 6.92 Å². The molecule has 0 radical (unpaired) electrons. The molecule has 0 bridgehead atoms. The molecule has 3 nitrogen and oxygen atoms in total. The summed E-state index contributed by atoms with van der Waals surface area (Å²) in [7, 11) is 0. The zero-order chi connectivity index (χ0) is 16.2. The predicted octanol–water partition coefficient (Wildman–Crippen LogP) is 4.13. The Hall–Kier alpha value is -1.47. The SMILES string of the molecule is Cc1ccc(S[C@H](C)C(=O)NC2(C#N)CCCCC2)c(C)c1. The molecule has 1 aliphatic carbocycles. The Morgan fingerprint density at radius 1 is 1.32 bits per heavy atom. The number of hydrogen-bond acceptors (Lipinski definition) is 3. The number of hydrogen-bond donors (Lipinski definition) is 1. The van der Waals surface area contributed by atoms with Crippen LogP contribution < -0.4 is 5.32 Å². The van der Waals surface area contributed by atoms with Crippen molar-refractivity contribution >= 4 is 17.7 Å². The maximum atomic E-state index is 12.5. The van der Waals surface area contributed by atoms with Gasteiger partial charge in [-0.2, -0.15) is 5.26 Å². The van der Waals surface area contributed by atoms with Crippen molar-refractivity contribution in [2.45, 2.75) is 68.6 Å². The van der Waals surface area contributed by atoms with Crippen LogP contribution in [-0.2, 0) is 4.79 Å². The van der Waals surface area contributed by atoms with E-state index in [-0.39, 0.29) is 11.2 Å². The molecule has 1 amide bonds. The van der Waals surface area contributed by atoms with E-state index in [0.29, 0.717) is 0 Å². The van der Waals surface area contributed by atoms with Crippen LogP contribution in [0.15, 0.2) is 23.1 Å². The van der Waals surface area contributed by atoms with E-state index in [2.05, 4.69) is 43.4 Å². The van der Waals surface area contributed by atoms with Crippen molar-refractivity contribution in [3.8, 4) is 6.07 Å². The van der Waals surface area contributed by atoms with E-state index in [1.54, 1.807) is 11.8 Å². The van der Waals surface area contributed by atoms with Gasteiger partial charge in [0, 0.05) is 4.90 Å². The summed E-state index contributed by atoms with van der Waals surface area (Å²) in [5.41, 5.74) is 1.77. The Morgan fingerprint density at radius 3 is 2.59 bits per heavy atom. The lowest BCUT2D eigenvalue weighted by Crippen LogP contribution is -2.50. The summed E-state index contributed by atoms with van der Waals surface area (Å²) in [6, 6.07) is 8.61. The number of benzene rings is 1. The van der Waals surface area contributed by atoms with Gasteiger partial charge in [0.1, 0.15) is 5.54 Å². The molecule has 118 valence electrons. The molecule has 0 saturated heterocycles. The third-order valence-corrected chi connectivity index (χ3v) is 5.57. The highest BCUT2D eigenvalue weighted by Gasteiger charge is 2.34. The zero-order valence-electron chi connectivity index (χ0n) is 13.6. The second kappa shape index (κ2) is 7.19. The molecule has 0 heterocycles. The molecule has 0 unspecified atom stereocenters. The molecule has 2 rings (SSSR count). The fourth-order valence-electron chi connectivity index (χ4n) is 2.93. The van der Waals surface area contributed by atoms with E-state index >= 15 is 0 Å². The molecule has 1 N–H and O–H groups in total. The van der Waals surface area contributed by atoms with Crippen LogP contribution in [0.5, 0.6) is 0 Å². The second-order valence-electron chi connectivity index (χ2n) is 6.27. The van der Waals surface area contributed by atoms with Gasteiger partial charge >= 0.3 is 0 Å². The smallest absolute Gasteiger partial charge is 0.234 e. The molecule has 1 aliphatic rings. The molecule has 22 heavy (non-hydrogen) atoms. The minimum Gasteiger partial charge on any atom is -0.337 e. The molecule has 1 aromatic rings. The van der Waals surface area contributed by atoms with Gasteiger partial charge in [-0.15, -0.1) is 11.8 Å². The van der Waals surface area contributed by atoms with Crippen LogP contribution in [0.25, 0.3) is 0 Å². The number of thioether (sulfide) groups is 1. The highest BCUT2D eigenvalue weighted by molar-refractivity contribution is 8.00. The topological polar surface area (TPSA) is 52.9 Å². The number of carbonyl (C=O) groups excluding carboxylic acids is 1. The fraction of sp³-hybridized carbons (Fsp3) is 0.556. The normalized spacial score (nSPS) is 18.3. The lowest BCUT2D eigenvalue weighted by molar-refractivity contribution is -0.121. The van der Waals surface area contributed by atoms with Crippen molar-refractivity contribution < 1.29 is 4.79 Å². The molecule has 4 heteroatoms. The molecule has 0 aliphatic heterocycles. The van der Waals surface area contributed by atoms with E-state index in [9.17, 15) is 10.1 Å². The van der Waals surface area contributed by atoms with Crippen molar-refractivity contribution in [2.75, 3.05) is 0 Å². The number of nitrogens with one attached hydrogen (secondary N) is 1. The summed E-state index contributed by atoms with van der Waals surface area (Å²) in [5, 5.41) is 12.3. The fourth-order valence-corrected chi connectivity index (χ4v) is 3.87. The first-order valence-corrected chi connectivity index (χ1v) is 8.81. The molecule has 0 aromatic heterocycles. The van der Waals surface area contributed by atoms with E-state index in [0.717, 1.165) is 37.0 Å². The van der Waals surface area contributed by atoms with Gasteiger partial charge in [-0.1, -0.05) is 37.0 Å². The van der Waals surface area contributed by atoms with Gasteiger partial charge in [-0.05, 0) is 45.2 Å². The van der Waals surface area contributed by atoms with Gasteiger partial charge in [-0.3, -0.25) is 4.79 Å². The lowest BCUT2D eigenvalue weighted by Gasteiger charge is -2.32. The molecular weight excluding hydrogens is 292 g/mol. The molecule has 1 atom stereocenters. The van der Waals surface area contributed by atoms with Crippen LogP contribution in [0, 0.1) is 25.2 Å². The van der Waals surface area contributed by atoms with Crippen molar-refractivity contribution in [1.29, 1.82) is 5.26 Å². The average molecular weight is 316 g/mol. The Labute approximate surface area is 137 Å². The maximum absolute atomic E-state index is 12.5. The summed E-state index contributed by atoms with van der Waals surface area (Å²) in [4.78, 5) is 13.6. The first kappa shape index (κ1) is 16.9. The Morgan fingerprint density at radius 2 is 2.00 bits per heavy atom. The third-order valence-electron chi connectivity index (χ3n) is 4.29. The van der Waals surface area contributed by atoms with Gasteiger partial charge in [0.25, 0.3) is 0 Å². The lowest BCUT2D eigenvalue weighted by atomic mass is 9.83. The summed E-state index contributed by atoms with van der Waals surface area (Å²) in [5.74, 6) is -0.0339. The van der Waals surface area contributed by atoms with Gasteiger partial charge in [-0.25, -0.2) is 0 Å². The van der Waals surface area contributed by atoms with E-state index in [1.165, 1.54) is 11.1 Å². The van der Waals surface area contributed by atoms with Crippen molar-refractivity contribution in [2.24, 2.45) is 0 Å². The largest absolute Gasteiger partial charge is 0.337 e. The number of carbonyl (C=O) groups is 1. The van der Waals surface area contributed by atoms with E-state index in [4.69, 9.17) is 0 Å². The quantitative estimate of drug-likeness (QED) is 0.850. The standard InChI is InChI=1S/C18H24N2OS/c1-13-7-8-16(14(2)11-13)22-15(3)17(21)20-18(12-19)9-5-4-6-10-18/h7-8,11,15H,4-6,9-10H2,1-3H3,(H,20,21)/t15-/m1/s1. The number of nitrogens with zero attached hydrogens (tertiary/aromatic N) is 1. The van der Waals surface area contributed by atoms with Crippen LogP contribution >= 0.6 is 11.8 Å². The van der Waals surface area contributed by atoms with Crippen molar-refractivity contribution in [1.82, 2.24) is 5.32 Å². The van der Waals surface area contributed by atoms with Crippen LogP contribution in [-0.4, -0.2) is 16.7 Å². The molecule has 1 aromatic carbocycles. The highest BCUT2D eigenvalue weighted by Crippen LogP contribution is 2.30. The second-order valence-corrected chi connectivity index (χ2v) is 7.66. The maximum Gasteiger partial charge on any atom is 0.234 e. The van der Waals surface area contributed by atoms with Crippen molar-refractivity contribution in [3.05, 3.63) is 29.3 Å². The van der Waals surface area contributed by atoms with Crippen LogP contribution in [0.4, 0.5) is 0 Å². The Balaban J connectivity index is 2.01. The first-order chi connectivity index (χ1) is 10.5. The van der Waals surface area contributed by atoms with Gasteiger partial charge in [0.05, 0.1) is 11.3 Å². The van der Waals surface area contributed by atoms with Gasteiger partial charge in [0.2, 0.25) is 5.91 Å². The van der Waals surface area contributed by atoms with E-state index < -0.39 is 5.54 Å². The van der Waals surface area contributed by atoms with Crippen LogP contribution in [0.2, 0.25) is 0 Å². The zero-order valence-corrected chi connectivity index (χ0v) is 14.4. The molecule has 0 spiro atoms. The van der Waals surface area contributed by atoms with Crippen LogP contribution in [0.3, 0.4) is 0 Å². The predicted molar refractivity (Wildman–Crippen MR) is 90.8 cm³/mol. The molecule has 1 fully saturated rings.